The maximum Gasteiger partial charge on any atom is 0.338 e. The molecule has 3 rings (SSSR count). The molecule has 0 radical (unpaired) electrons. The Morgan fingerprint density at radius 3 is 2.68 bits per heavy atom. The van der Waals surface area contributed by atoms with Crippen molar-refractivity contribution in [1.82, 2.24) is 5.32 Å². The van der Waals surface area contributed by atoms with Crippen LogP contribution in [0.3, 0.4) is 0 Å². The Hall–Kier alpha value is -2.37. The summed E-state index contributed by atoms with van der Waals surface area (Å²) in [6, 6.07) is 6.69. The molecule has 2 fully saturated rings. The second-order valence-electron chi connectivity index (χ2n) is 6.81. The van der Waals surface area contributed by atoms with Gasteiger partial charge in [-0.25, -0.2) is 4.79 Å². The molecule has 0 aromatic heterocycles. The number of anilines is 1. The van der Waals surface area contributed by atoms with Gasteiger partial charge in [0.2, 0.25) is 11.8 Å². The molecule has 2 aliphatic rings. The largest absolute Gasteiger partial charge is 0.460 e. The molecule has 6 nitrogen and oxygen atoms in total. The predicted molar refractivity (Wildman–Crippen MR) is 93.1 cm³/mol. The molecular weight excluding hydrogens is 320 g/mol. The average molecular weight is 344 g/mol. The van der Waals surface area contributed by atoms with E-state index in [1.54, 1.807) is 24.3 Å². The summed E-state index contributed by atoms with van der Waals surface area (Å²) in [6.45, 7) is 0.170. The average Bonchev–Trinajstić information content (AvgIpc) is 3.06. The minimum absolute atomic E-state index is 0.00604. The first-order valence-corrected chi connectivity index (χ1v) is 8.99. The molecule has 1 saturated carbocycles. The number of rotatable bonds is 5. The van der Waals surface area contributed by atoms with Crippen molar-refractivity contribution < 1.29 is 19.1 Å². The Morgan fingerprint density at radius 2 is 1.96 bits per heavy atom. The zero-order valence-corrected chi connectivity index (χ0v) is 14.3. The van der Waals surface area contributed by atoms with Gasteiger partial charge in [-0.15, -0.1) is 0 Å². The molecule has 2 amide bonds. The van der Waals surface area contributed by atoms with Gasteiger partial charge in [-0.1, -0.05) is 25.3 Å². The van der Waals surface area contributed by atoms with Crippen molar-refractivity contribution in [3.05, 3.63) is 29.8 Å². The number of ether oxygens (including phenoxy) is 1. The highest BCUT2D eigenvalue weighted by Gasteiger charge is 2.23. The fraction of sp³-hybridized carbons (Fsp3) is 0.526. The van der Waals surface area contributed by atoms with Crippen molar-refractivity contribution in [3.8, 4) is 0 Å². The van der Waals surface area contributed by atoms with Gasteiger partial charge in [0.05, 0.1) is 11.6 Å². The first-order valence-electron chi connectivity index (χ1n) is 8.99. The minimum atomic E-state index is -0.449. The Bertz CT molecular complexity index is 653. The van der Waals surface area contributed by atoms with Gasteiger partial charge in [-0.2, -0.15) is 0 Å². The van der Waals surface area contributed by atoms with E-state index < -0.39 is 5.97 Å². The van der Waals surface area contributed by atoms with Gasteiger partial charge >= 0.3 is 5.97 Å². The Kier molecular flexibility index (Phi) is 5.68. The summed E-state index contributed by atoms with van der Waals surface area (Å²) >= 11 is 0. The van der Waals surface area contributed by atoms with Crippen LogP contribution < -0.4 is 10.6 Å². The number of carbonyl (C=O) groups is 3. The summed E-state index contributed by atoms with van der Waals surface area (Å²) in [5.41, 5.74) is 1.00. The van der Waals surface area contributed by atoms with E-state index in [0.717, 1.165) is 25.7 Å². The Morgan fingerprint density at radius 1 is 1.16 bits per heavy atom. The van der Waals surface area contributed by atoms with Crippen molar-refractivity contribution in [3.63, 3.8) is 0 Å². The lowest BCUT2D eigenvalue weighted by atomic mass is 9.88. The maximum atomic E-state index is 12.3. The van der Waals surface area contributed by atoms with Gasteiger partial charge in [-0.3, -0.25) is 9.59 Å². The molecule has 0 spiro atoms. The van der Waals surface area contributed by atoms with Crippen molar-refractivity contribution in [2.75, 3.05) is 11.9 Å². The van der Waals surface area contributed by atoms with Gasteiger partial charge in [0.15, 0.2) is 0 Å². The lowest BCUT2D eigenvalue weighted by molar-refractivity contribution is -0.121. The minimum Gasteiger partial charge on any atom is -0.460 e. The van der Waals surface area contributed by atoms with E-state index in [0.29, 0.717) is 24.1 Å². The number of hydrogen-bond acceptors (Lipinski definition) is 4. The molecule has 1 heterocycles. The molecule has 1 aromatic rings. The number of nitrogens with one attached hydrogen (secondary N) is 2. The summed E-state index contributed by atoms with van der Waals surface area (Å²) in [5, 5.41) is 5.67. The van der Waals surface area contributed by atoms with Gasteiger partial charge in [0, 0.05) is 18.0 Å². The van der Waals surface area contributed by atoms with E-state index in [1.165, 1.54) is 6.42 Å². The fourth-order valence-corrected chi connectivity index (χ4v) is 3.39. The van der Waals surface area contributed by atoms with Crippen molar-refractivity contribution in [2.45, 2.75) is 51.0 Å². The predicted octanol–water partition coefficient (Wildman–Crippen LogP) is 2.64. The zero-order chi connectivity index (χ0) is 17.6. The molecule has 6 heteroatoms. The lowest BCUT2D eigenvalue weighted by Crippen LogP contribution is -2.30. The topological polar surface area (TPSA) is 84.5 Å². The van der Waals surface area contributed by atoms with Gasteiger partial charge in [0.25, 0.3) is 0 Å². The van der Waals surface area contributed by atoms with Crippen LogP contribution in [0.1, 0.15) is 55.3 Å². The first-order chi connectivity index (χ1) is 12.1. The third kappa shape index (κ3) is 4.81. The summed E-state index contributed by atoms with van der Waals surface area (Å²) in [4.78, 5) is 35.6. The molecule has 1 aliphatic carbocycles. The van der Waals surface area contributed by atoms with Crippen LogP contribution in [-0.2, 0) is 14.3 Å². The molecule has 1 aromatic carbocycles. The molecule has 1 atom stereocenters. The maximum absolute atomic E-state index is 12.3. The standard InChI is InChI=1S/C19H24N2O4/c22-17-10-9-16(20-17)12-25-19(24)14-7-4-8-15(11-14)21-18(23)13-5-2-1-3-6-13/h4,7-8,11,13,16H,1-3,5-6,9-10,12H2,(H,20,22)(H,21,23). The monoisotopic (exact) mass is 344 g/mol. The third-order valence-electron chi connectivity index (χ3n) is 4.84. The van der Waals surface area contributed by atoms with Crippen LogP contribution in [-0.4, -0.2) is 30.4 Å². The molecule has 1 saturated heterocycles. The molecule has 0 bridgehead atoms. The van der Waals surface area contributed by atoms with Crippen molar-refractivity contribution in [2.24, 2.45) is 5.92 Å². The fourth-order valence-electron chi connectivity index (χ4n) is 3.39. The number of esters is 1. The highest BCUT2D eigenvalue weighted by molar-refractivity contribution is 5.95. The van der Waals surface area contributed by atoms with E-state index >= 15 is 0 Å². The zero-order valence-electron chi connectivity index (χ0n) is 14.3. The van der Waals surface area contributed by atoms with E-state index in [4.69, 9.17) is 4.74 Å². The van der Waals surface area contributed by atoms with Crippen LogP contribution in [0.5, 0.6) is 0 Å². The van der Waals surface area contributed by atoms with Crippen LogP contribution in [0.2, 0.25) is 0 Å². The van der Waals surface area contributed by atoms with Crippen LogP contribution in [0, 0.1) is 5.92 Å². The molecule has 1 unspecified atom stereocenters. The quantitative estimate of drug-likeness (QED) is 0.804. The summed E-state index contributed by atoms with van der Waals surface area (Å²) in [5.74, 6) is -0.363. The highest BCUT2D eigenvalue weighted by Crippen LogP contribution is 2.25. The Balaban J connectivity index is 1.54. The van der Waals surface area contributed by atoms with Crippen molar-refractivity contribution >= 4 is 23.5 Å². The Labute approximate surface area is 147 Å². The van der Waals surface area contributed by atoms with E-state index in [2.05, 4.69) is 10.6 Å². The normalized spacial score (nSPS) is 20.8. The van der Waals surface area contributed by atoms with Crippen molar-refractivity contribution in [1.29, 1.82) is 0 Å². The van der Waals surface area contributed by atoms with Crippen LogP contribution in [0.25, 0.3) is 0 Å². The smallest absolute Gasteiger partial charge is 0.338 e. The molecule has 2 N–H and O–H groups in total. The first kappa shape index (κ1) is 17.5. The number of carbonyl (C=O) groups excluding carboxylic acids is 3. The van der Waals surface area contributed by atoms with E-state index in [-0.39, 0.29) is 30.4 Å². The summed E-state index contributed by atoms with van der Waals surface area (Å²) in [6.07, 6.45) is 6.42. The molecule has 1 aliphatic heterocycles. The number of amides is 2. The van der Waals surface area contributed by atoms with Gasteiger partial charge in [-0.05, 0) is 37.5 Å². The molecular formula is C19H24N2O4. The van der Waals surface area contributed by atoms with Gasteiger partial charge < -0.3 is 15.4 Å². The SMILES string of the molecule is O=C1CCC(COC(=O)c2cccc(NC(=O)C3CCCCC3)c2)N1. The van der Waals surface area contributed by atoms with E-state index in [1.807, 2.05) is 0 Å². The van der Waals surface area contributed by atoms with Crippen LogP contribution in [0.15, 0.2) is 24.3 Å². The summed E-state index contributed by atoms with van der Waals surface area (Å²) in [7, 11) is 0. The molecule has 134 valence electrons. The van der Waals surface area contributed by atoms with Gasteiger partial charge in [0.1, 0.15) is 6.61 Å². The second kappa shape index (κ2) is 8.14. The highest BCUT2D eigenvalue weighted by atomic mass is 16.5. The summed E-state index contributed by atoms with van der Waals surface area (Å²) < 4.78 is 5.27. The van der Waals surface area contributed by atoms with Crippen LogP contribution in [0.4, 0.5) is 5.69 Å². The lowest BCUT2D eigenvalue weighted by Gasteiger charge is -2.20. The number of benzene rings is 1. The molecule has 25 heavy (non-hydrogen) atoms. The van der Waals surface area contributed by atoms with E-state index in [9.17, 15) is 14.4 Å². The third-order valence-corrected chi connectivity index (χ3v) is 4.84. The second-order valence-corrected chi connectivity index (χ2v) is 6.81. The number of hydrogen-bond donors (Lipinski definition) is 2. The van der Waals surface area contributed by atoms with Crippen LogP contribution >= 0.6 is 0 Å².